The molecule has 0 spiro atoms. The maximum atomic E-state index is 11.1. The molecular formula is C14H19N3O4. The molecule has 114 valence electrons. The van der Waals surface area contributed by atoms with Crippen molar-refractivity contribution in [1.29, 1.82) is 0 Å². The standard InChI is InChI=1S/C14H19N3O4/c1-14(2)6-4-3-5-11(14)16-12-7-9(13(18)19)10(8-15-12)17(20)21/h7-8,11H,3-6H2,1-2H3,(H,15,16)(H,18,19). The van der Waals surface area contributed by atoms with E-state index in [0.29, 0.717) is 5.82 Å². The molecule has 1 saturated carbocycles. The van der Waals surface area contributed by atoms with E-state index in [2.05, 4.69) is 24.1 Å². The molecule has 0 radical (unpaired) electrons. The Hall–Kier alpha value is -2.18. The first-order chi connectivity index (χ1) is 9.81. The smallest absolute Gasteiger partial charge is 0.342 e. The van der Waals surface area contributed by atoms with Gasteiger partial charge in [0, 0.05) is 12.1 Å². The summed E-state index contributed by atoms with van der Waals surface area (Å²) in [5.74, 6) is -0.951. The van der Waals surface area contributed by atoms with Crippen LogP contribution in [0.25, 0.3) is 0 Å². The Morgan fingerprint density at radius 3 is 2.81 bits per heavy atom. The molecule has 0 saturated heterocycles. The number of nitrogens with one attached hydrogen (secondary N) is 1. The van der Waals surface area contributed by atoms with E-state index >= 15 is 0 Å². The van der Waals surface area contributed by atoms with Crippen LogP contribution in [0.1, 0.15) is 49.9 Å². The zero-order valence-electron chi connectivity index (χ0n) is 12.1. The Balaban J connectivity index is 2.27. The SMILES string of the molecule is CC1(C)CCCCC1Nc1cc(C(=O)O)c([N+](=O)[O-])cn1. The molecule has 0 amide bonds. The number of nitro groups is 1. The predicted octanol–water partition coefficient (Wildman–Crippen LogP) is 3.07. The minimum Gasteiger partial charge on any atom is -0.477 e. The third-order valence-electron chi connectivity index (χ3n) is 4.14. The average Bonchev–Trinajstić information content (AvgIpc) is 2.40. The molecule has 1 aromatic rings. The van der Waals surface area contributed by atoms with Crippen LogP contribution in [0.4, 0.5) is 11.5 Å². The first-order valence-electron chi connectivity index (χ1n) is 6.95. The lowest BCUT2D eigenvalue weighted by molar-refractivity contribution is -0.385. The van der Waals surface area contributed by atoms with Crippen LogP contribution in [0, 0.1) is 15.5 Å². The number of pyridine rings is 1. The van der Waals surface area contributed by atoms with Crippen molar-refractivity contribution in [2.75, 3.05) is 5.32 Å². The van der Waals surface area contributed by atoms with Gasteiger partial charge in [-0.15, -0.1) is 0 Å². The number of aromatic carboxylic acids is 1. The summed E-state index contributed by atoms with van der Waals surface area (Å²) in [5.41, 5.74) is -0.743. The number of anilines is 1. The second kappa shape index (κ2) is 5.67. The fraction of sp³-hybridized carbons (Fsp3) is 0.571. The van der Waals surface area contributed by atoms with Crippen molar-refractivity contribution in [3.05, 3.63) is 27.9 Å². The van der Waals surface area contributed by atoms with Gasteiger partial charge in [0.25, 0.3) is 0 Å². The van der Waals surface area contributed by atoms with Crippen LogP contribution in [-0.2, 0) is 0 Å². The number of carboxylic acids is 1. The van der Waals surface area contributed by atoms with Crippen molar-refractivity contribution in [2.24, 2.45) is 5.41 Å². The van der Waals surface area contributed by atoms with Crippen molar-refractivity contribution >= 4 is 17.5 Å². The van der Waals surface area contributed by atoms with Crippen LogP contribution in [0.15, 0.2) is 12.3 Å². The quantitative estimate of drug-likeness (QED) is 0.652. The fourth-order valence-electron chi connectivity index (χ4n) is 2.78. The molecule has 1 unspecified atom stereocenters. The topological polar surface area (TPSA) is 105 Å². The Labute approximate surface area is 122 Å². The van der Waals surface area contributed by atoms with Crippen LogP contribution in [0.3, 0.4) is 0 Å². The highest BCUT2D eigenvalue weighted by molar-refractivity contribution is 5.93. The maximum absolute atomic E-state index is 11.1. The molecule has 21 heavy (non-hydrogen) atoms. The lowest BCUT2D eigenvalue weighted by Crippen LogP contribution is -2.39. The highest BCUT2D eigenvalue weighted by atomic mass is 16.6. The van der Waals surface area contributed by atoms with Gasteiger partial charge in [0.1, 0.15) is 17.6 Å². The zero-order valence-corrected chi connectivity index (χ0v) is 12.1. The molecular weight excluding hydrogens is 274 g/mol. The summed E-state index contributed by atoms with van der Waals surface area (Å²) in [5, 5.41) is 23.1. The zero-order chi connectivity index (χ0) is 15.6. The van der Waals surface area contributed by atoms with Crippen molar-refractivity contribution in [1.82, 2.24) is 4.98 Å². The summed E-state index contributed by atoms with van der Waals surface area (Å²) >= 11 is 0. The summed E-state index contributed by atoms with van der Waals surface area (Å²) in [6.45, 7) is 4.32. The molecule has 2 rings (SSSR count). The van der Waals surface area contributed by atoms with Gasteiger partial charge in [-0.3, -0.25) is 10.1 Å². The second-order valence-corrected chi connectivity index (χ2v) is 6.08. The number of carbonyl (C=O) groups is 1. The third kappa shape index (κ3) is 3.29. The summed E-state index contributed by atoms with van der Waals surface area (Å²) < 4.78 is 0. The van der Waals surface area contributed by atoms with E-state index in [1.165, 1.54) is 12.5 Å². The van der Waals surface area contributed by atoms with Crippen LogP contribution in [-0.4, -0.2) is 27.0 Å². The molecule has 1 aliphatic carbocycles. The predicted molar refractivity (Wildman–Crippen MR) is 77.5 cm³/mol. The number of hydrogen-bond donors (Lipinski definition) is 2. The first-order valence-corrected chi connectivity index (χ1v) is 6.95. The van der Waals surface area contributed by atoms with Gasteiger partial charge in [-0.2, -0.15) is 0 Å². The summed E-state index contributed by atoms with van der Waals surface area (Å²) in [6.07, 6.45) is 5.36. The Morgan fingerprint density at radius 2 is 2.24 bits per heavy atom. The van der Waals surface area contributed by atoms with E-state index in [4.69, 9.17) is 5.11 Å². The normalized spacial score (nSPS) is 20.8. The molecule has 2 N–H and O–H groups in total. The summed E-state index contributed by atoms with van der Waals surface area (Å²) in [4.78, 5) is 25.2. The lowest BCUT2D eigenvalue weighted by atomic mass is 9.73. The number of nitrogens with zero attached hydrogens (tertiary/aromatic N) is 2. The molecule has 1 fully saturated rings. The molecule has 1 aromatic heterocycles. The lowest BCUT2D eigenvalue weighted by Gasteiger charge is -2.39. The monoisotopic (exact) mass is 293 g/mol. The van der Waals surface area contributed by atoms with Crippen LogP contribution < -0.4 is 5.32 Å². The van der Waals surface area contributed by atoms with E-state index in [1.807, 2.05) is 0 Å². The number of hydrogen-bond acceptors (Lipinski definition) is 5. The van der Waals surface area contributed by atoms with E-state index in [0.717, 1.165) is 25.5 Å². The minimum atomic E-state index is -1.32. The molecule has 7 nitrogen and oxygen atoms in total. The average molecular weight is 293 g/mol. The van der Waals surface area contributed by atoms with Gasteiger partial charge >= 0.3 is 11.7 Å². The van der Waals surface area contributed by atoms with Crippen molar-refractivity contribution in [2.45, 2.75) is 45.6 Å². The van der Waals surface area contributed by atoms with Gasteiger partial charge in [0.2, 0.25) is 0 Å². The van der Waals surface area contributed by atoms with Gasteiger partial charge in [0.05, 0.1) is 4.92 Å². The van der Waals surface area contributed by atoms with Gasteiger partial charge in [-0.05, 0) is 18.3 Å². The van der Waals surface area contributed by atoms with Gasteiger partial charge in [-0.1, -0.05) is 26.7 Å². The molecule has 0 aliphatic heterocycles. The van der Waals surface area contributed by atoms with Gasteiger partial charge < -0.3 is 10.4 Å². The van der Waals surface area contributed by atoms with Crippen molar-refractivity contribution in [3.8, 4) is 0 Å². The molecule has 1 aliphatic rings. The molecule has 1 atom stereocenters. The van der Waals surface area contributed by atoms with Crippen LogP contribution >= 0.6 is 0 Å². The molecule has 7 heteroatoms. The highest BCUT2D eigenvalue weighted by Crippen LogP contribution is 2.37. The Bertz CT molecular complexity index is 571. The van der Waals surface area contributed by atoms with Crippen LogP contribution in [0.5, 0.6) is 0 Å². The van der Waals surface area contributed by atoms with Gasteiger partial charge in [-0.25, -0.2) is 9.78 Å². The van der Waals surface area contributed by atoms with Crippen LogP contribution in [0.2, 0.25) is 0 Å². The largest absolute Gasteiger partial charge is 0.477 e. The van der Waals surface area contributed by atoms with E-state index in [-0.39, 0.29) is 17.0 Å². The number of carboxylic acid groups (broad SMARTS) is 1. The highest BCUT2D eigenvalue weighted by Gasteiger charge is 2.32. The first kappa shape index (κ1) is 15.2. The Morgan fingerprint density at radius 1 is 1.52 bits per heavy atom. The van der Waals surface area contributed by atoms with Crippen molar-refractivity contribution < 1.29 is 14.8 Å². The number of aromatic nitrogens is 1. The fourth-order valence-corrected chi connectivity index (χ4v) is 2.78. The molecule has 0 bridgehead atoms. The van der Waals surface area contributed by atoms with Gasteiger partial charge in [0.15, 0.2) is 0 Å². The minimum absolute atomic E-state index is 0.0884. The second-order valence-electron chi connectivity index (χ2n) is 6.08. The van der Waals surface area contributed by atoms with E-state index in [9.17, 15) is 14.9 Å². The molecule has 0 aromatic carbocycles. The van der Waals surface area contributed by atoms with Crippen molar-refractivity contribution in [3.63, 3.8) is 0 Å². The summed E-state index contributed by atoms with van der Waals surface area (Å²) in [7, 11) is 0. The molecule has 1 heterocycles. The van der Waals surface area contributed by atoms with E-state index < -0.39 is 16.6 Å². The van der Waals surface area contributed by atoms with E-state index in [1.54, 1.807) is 0 Å². The third-order valence-corrected chi connectivity index (χ3v) is 4.14. The maximum Gasteiger partial charge on any atom is 0.342 e. The summed E-state index contributed by atoms with van der Waals surface area (Å²) in [6, 6.07) is 1.42. The number of rotatable bonds is 4. The Kier molecular flexibility index (Phi) is 4.11.